The first-order valence-corrected chi connectivity index (χ1v) is 8.65. The number of carboxylic acid groups (broad SMARTS) is 1. The molecule has 2 N–H and O–H groups in total. The Morgan fingerprint density at radius 1 is 1.25 bits per heavy atom. The summed E-state index contributed by atoms with van der Waals surface area (Å²) in [5.41, 5.74) is 2.52. The van der Waals surface area contributed by atoms with Gasteiger partial charge in [0.1, 0.15) is 0 Å². The summed E-state index contributed by atoms with van der Waals surface area (Å²) in [7, 11) is 0. The molecule has 0 amide bonds. The highest BCUT2D eigenvalue weighted by molar-refractivity contribution is 7.98. The fourth-order valence-corrected chi connectivity index (χ4v) is 3.15. The van der Waals surface area contributed by atoms with Crippen LogP contribution in [-0.4, -0.2) is 29.1 Å². The Morgan fingerprint density at radius 2 is 1.90 bits per heavy atom. The van der Waals surface area contributed by atoms with E-state index in [1.807, 2.05) is 11.8 Å². The van der Waals surface area contributed by atoms with Crippen LogP contribution < -0.4 is 5.32 Å². The van der Waals surface area contributed by atoms with E-state index < -0.39 is 5.97 Å². The zero-order valence-corrected chi connectivity index (χ0v) is 12.8. The van der Waals surface area contributed by atoms with Crippen molar-refractivity contribution in [3.63, 3.8) is 0 Å². The molecule has 0 bridgehead atoms. The number of aryl methyl sites for hydroxylation is 1. The van der Waals surface area contributed by atoms with E-state index in [4.69, 9.17) is 5.11 Å². The van der Waals surface area contributed by atoms with Crippen molar-refractivity contribution < 1.29 is 9.90 Å². The largest absolute Gasteiger partial charge is 0.481 e. The van der Waals surface area contributed by atoms with Gasteiger partial charge in [-0.05, 0) is 61.8 Å². The summed E-state index contributed by atoms with van der Waals surface area (Å²) in [5.74, 6) is 0.384. The average molecular weight is 293 g/mol. The minimum Gasteiger partial charge on any atom is -0.481 e. The van der Waals surface area contributed by atoms with Crippen molar-refractivity contribution in [2.24, 2.45) is 5.92 Å². The molecule has 0 radical (unpaired) electrons. The van der Waals surface area contributed by atoms with Crippen molar-refractivity contribution in [2.45, 2.75) is 38.1 Å². The van der Waals surface area contributed by atoms with Gasteiger partial charge >= 0.3 is 5.97 Å². The van der Waals surface area contributed by atoms with Crippen LogP contribution in [0.4, 0.5) is 5.69 Å². The van der Waals surface area contributed by atoms with Gasteiger partial charge in [0.15, 0.2) is 0 Å². The molecule has 1 aliphatic rings. The fourth-order valence-electron chi connectivity index (χ4n) is 2.71. The third kappa shape index (κ3) is 4.44. The van der Waals surface area contributed by atoms with Crippen LogP contribution in [0.3, 0.4) is 0 Å². The zero-order chi connectivity index (χ0) is 14.4. The first kappa shape index (κ1) is 15.2. The fraction of sp³-hybridized carbons (Fsp3) is 0.562. The molecule has 1 aliphatic carbocycles. The van der Waals surface area contributed by atoms with Crippen LogP contribution in [0.5, 0.6) is 0 Å². The number of nitrogens with one attached hydrogen (secondary N) is 1. The van der Waals surface area contributed by atoms with Crippen molar-refractivity contribution in [3.8, 4) is 0 Å². The first-order valence-electron chi connectivity index (χ1n) is 7.26. The molecule has 1 aromatic rings. The molecule has 1 aromatic carbocycles. The summed E-state index contributed by atoms with van der Waals surface area (Å²) in [6, 6.07) is 9.06. The van der Waals surface area contributed by atoms with Gasteiger partial charge in [0.2, 0.25) is 0 Å². The van der Waals surface area contributed by atoms with E-state index in [-0.39, 0.29) is 5.92 Å². The molecule has 3 nitrogen and oxygen atoms in total. The van der Waals surface area contributed by atoms with E-state index in [1.165, 1.54) is 5.56 Å². The van der Waals surface area contributed by atoms with Crippen LogP contribution in [-0.2, 0) is 11.2 Å². The molecule has 110 valence electrons. The summed E-state index contributed by atoms with van der Waals surface area (Å²) in [4.78, 5) is 10.9. The number of rotatable bonds is 6. The monoisotopic (exact) mass is 293 g/mol. The van der Waals surface area contributed by atoms with E-state index in [0.717, 1.165) is 43.5 Å². The lowest BCUT2D eigenvalue weighted by molar-refractivity contribution is -0.142. The molecule has 0 atom stereocenters. The predicted molar refractivity (Wildman–Crippen MR) is 85.5 cm³/mol. The number of benzene rings is 1. The van der Waals surface area contributed by atoms with Crippen molar-refractivity contribution in [3.05, 3.63) is 29.8 Å². The number of aliphatic carboxylic acids is 1. The van der Waals surface area contributed by atoms with Crippen molar-refractivity contribution in [1.82, 2.24) is 0 Å². The molecule has 0 saturated heterocycles. The third-order valence-electron chi connectivity index (χ3n) is 4.00. The van der Waals surface area contributed by atoms with E-state index in [1.54, 1.807) is 0 Å². The van der Waals surface area contributed by atoms with Crippen LogP contribution in [0.15, 0.2) is 24.3 Å². The zero-order valence-electron chi connectivity index (χ0n) is 12.0. The van der Waals surface area contributed by atoms with Crippen molar-refractivity contribution in [1.29, 1.82) is 0 Å². The highest BCUT2D eigenvalue weighted by Crippen LogP contribution is 2.26. The number of carboxylic acids is 1. The summed E-state index contributed by atoms with van der Waals surface area (Å²) in [5, 5.41) is 12.5. The van der Waals surface area contributed by atoms with Crippen LogP contribution in [0, 0.1) is 5.92 Å². The normalized spacial score (nSPS) is 22.4. The second kappa shape index (κ2) is 7.58. The Balaban J connectivity index is 1.80. The van der Waals surface area contributed by atoms with Gasteiger partial charge in [0.05, 0.1) is 5.92 Å². The molecule has 1 saturated carbocycles. The molecule has 4 heteroatoms. The lowest BCUT2D eigenvalue weighted by Gasteiger charge is -2.27. The Labute approximate surface area is 125 Å². The van der Waals surface area contributed by atoms with Gasteiger partial charge in [-0.3, -0.25) is 4.79 Å². The predicted octanol–water partition coefficient (Wildman–Crippen LogP) is 3.65. The van der Waals surface area contributed by atoms with Crippen LogP contribution >= 0.6 is 11.8 Å². The van der Waals surface area contributed by atoms with E-state index in [2.05, 4.69) is 35.8 Å². The minimum absolute atomic E-state index is 0.137. The molecule has 0 heterocycles. The molecule has 2 rings (SSSR count). The quantitative estimate of drug-likeness (QED) is 0.840. The van der Waals surface area contributed by atoms with Gasteiger partial charge in [-0.25, -0.2) is 0 Å². The number of thioether (sulfide) groups is 1. The Bertz CT molecular complexity index is 425. The summed E-state index contributed by atoms with van der Waals surface area (Å²) >= 11 is 1.87. The van der Waals surface area contributed by atoms with Gasteiger partial charge in [0.25, 0.3) is 0 Å². The Morgan fingerprint density at radius 3 is 2.45 bits per heavy atom. The van der Waals surface area contributed by atoms with Gasteiger partial charge in [0, 0.05) is 11.7 Å². The SMILES string of the molecule is CSCCc1ccc(NC2CCC(C(=O)O)CC2)cc1. The van der Waals surface area contributed by atoms with Crippen molar-refractivity contribution >= 4 is 23.4 Å². The molecule has 1 fully saturated rings. The van der Waals surface area contributed by atoms with Crippen LogP contribution in [0.25, 0.3) is 0 Å². The second-order valence-electron chi connectivity index (χ2n) is 5.47. The maximum absolute atomic E-state index is 10.9. The van der Waals surface area contributed by atoms with Gasteiger partial charge < -0.3 is 10.4 Å². The summed E-state index contributed by atoms with van der Waals surface area (Å²) in [6.45, 7) is 0. The molecule has 0 unspecified atom stereocenters. The molecule has 0 aliphatic heterocycles. The standard InChI is InChI=1S/C16H23NO2S/c1-20-11-10-12-2-6-14(7-3-12)17-15-8-4-13(5-9-15)16(18)19/h2-3,6-7,13,15,17H,4-5,8-11H2,1H3,(H,18,19). The molecular formula is C16H23NO2S. The molecular weight excluding hydrogens is 270 g/mol. The topological polar surface area (TPSA) is 49.3 Å². The maximum atomic E-state index is 10.9. The smallest absolute Gasteiger partial charge is 0.306 e. The second-order valence-corrected chi connectivity index (χ2v) is 6.46. The summed E-state index contributed by atoms with van der Waals surface area (Å²) in [6.07, 6.45) is 6.72. The van der Waals surface area contributed by atoms with E-state index in [9.17, 15) is 4.79 Å². The first-order chi connectivity index (χ1) is 9.69. The van der Waals surface area contributed by atoms with Crippen LogP contribution in [0.2, 0.25) is 0 Å². The Kier molecular flexibility index (Phi) is 5.77. The maximum Gasteiger partial charge on any atom is 0.306 e. The highest BCUT2D eigenvalue weighted by Gasteiger charge is 2.25. The third-order valence-corrected chi connectivity index (χ3v) is 4.61. The van der Waals surface area contributed by atoms with E-state index in [0.29, 0.717) is 6.04 Å². The number of hydrogen-bond donors (Lipinski definition) is 2. The van der Waals surface area contributed by atoms with Gasteiger partial charge in [-0.2, -0.15) is 11.8 Å². The van der Waals surface area contributed by atoms with E-state index >= 15 is 0 Å². The average Bonchev–Trinajstić information content (AvgIpc) is 2.47. The van der Waals surface area contributed by atoms with Gasteiger partial charge in [-0.1, -0.05) is 12.1 Å². The minimum atomic E-state index is -0.637. The van der Waals surface area contributed by atoms with Gasteiger partial charge in [-0.15, -0.1) is 0 Å². The number of hydrogen-bond acceptors (Lipinski definition) is 3. The molecule has 0 spiro atoms. The van der Waals surface area contributed by atoms with Crippen LogP contribution in [0.1, 0.15) is 31.2 Å². The Hall–Kier alpha value is -1.16. The number of carbonyl (C=O) groups is 1. The lowest BCUT2D eigenvalue weighted by atomic mass is 9.86. The summed E-state index contributed by atoms with van der Waals surface area (Å²) < 4.78 is 0. The number of anilines is 1. The molecule has 0 aromatic heterocycles. The molecule has 20 heavy (non-hydrogen) atoms. The van der Waals surface area contributed by atoms with Crippen molar-refractivity contribution in [2.75, 3.05) is 17.3 Å². The highest BCUT2D eigenvalue weighted by atomic mass is 32.2. The lowest BCUT2D eigenvalue weighted by Crippen LogP contribution is -2.29.